The average Bonchev–Trinajstić information content (AvgIpc) is 2.25. The Morgan fingerprint density at radius 2 is 2.05 bits per heavy atom. The second-order valence-corrected chi connectivity index (χ2v) is 5.23. The maximum atomic E-state index is 13.3. The smallest absolute Gasteiger partial charge is 0.239 e. The minimum absolute atomic E-state index is 0.0518. The number of ether oxygens (including phenoxy) is 1. The van der Waals surface area contributed by atoms with Crippen LogP contribution in [0.25, 0.3) is 0 Å². The third-order valence-electron chi connectivity index (χ3n) is 2.28. The molecule has 5 nitrogen and oxygen atoms in total. The van der Waals surface area contributed by atoms with Crippen LogP contribution < -0.4 is 21.1 Å². The summed E-state index contributed by atoms with van der Waals surface area (Å²) >= 11 is 0. The number of nitrogens with two attached hydrogens (primary N) is 1. The van der Waals surface area contributed by atoms with Gasteiger partial charge in [0, 0.05) is 17.7 Å². The van der Waals surface area contributed by atoms with E-state index >= 15 is 0 Å². The lowest BCUT2D eigenvalue weighted by molar-refractivity contribution is -0.120. The molecule has 0 aliphatic rings. The highest BCUT2D eigenvalue weighted by Crippen LogP contribution is 2.27. The van der Waals surface area contributed by atoms with Crippen LogP contribution in [0.4, 0.5) is 15.8 Å². The van der Waals surface area contributed by atoms with Crippen molar-refractivity contribution in [1.82, 2.24) is 5.32 Å². The molecule has 19 heavy (non-hydrogen) atoms. The normalized spacial score (nSPS) is 11.0. The molecule has 0 radical (unpaired) electrons. The summed E-state index contributed by atoms with van der Waals surface area (Å²) < 4.78 is 18.2. The van der Waals surface area contributed by atoms with Gasteiger partial charge in [-0.2, -0.15) is 0 Å². The van der Waals surface area contributed by atoms with Gasteiger partial charge in [0.1, 0.15) is 0 Å². The lowest BCUT2D eigenvalue weighted by Crippen LogP contribution is -2.43. The van der Waals surface area contributed by atoms with E-state index in [-0.39, 0.29) is 29.4 Å². The highest BCUT2D eigenvalue weighted by molar-refractivity contribution is 5.83. The first kappa shape index (κ1) is 15.1. The van der Waals surface area contributed by atoms with Crippen LogP contribution in [0.3, 0.4) is 0 Å². The summed E-state index contributed by atoms with van der Waals surface area (Å²) in [5.41, 5.74) is 6.05. The molecule has 0 heterocycles. The van der Waals surface area contributed by atoms with Gasteiger partial charge in [0.15, 0.2) is 11.6 Å². The van der Waals surface area contributed by atoms with E-state index in [1.54, 1.807) is 0 Å². The predicted octanol–water partition coefficient (Wildman–Crippen LogP) is 1.74. The van der Waals surface area contributed by atoms with Gasteiger partial charge in [-0.3, -0.25) is 4.79 Å². The maximum Gasteiger partial charge on any atom is 0.239 e. The number of amides is 1. The van der Waals surface area contributed by atoms with Gasteiger partial charge in [-0.1, -0.05) is 0 Å². The Balaban J connectivity index is 2.70. The summed E-state index contributed by atoms with van der Waals surface area (Å²) in [5.74, 6) is -0.632. The van der Waals surface area contributed by atoms with Crippen LogP contribution in [0.2, 0.25) is 0 Å². The first-order valence-corrected chi connectivity index (χ1v) is 5.91. The van der Waals surface area contributed by atoms with E-state index in [0.29, 0.717) is 5.69 Å². The van der Waals surface area contributed by atoms with Crippen molar-refractivity contribution < 1.29 is 13.9 Å². The number of methoxy groups -OCH3 is 1. The molecule has 4 N–H and O–H groups in total. The lowest BCUT2D eigenvalue weighted by Gasteiger charge is -2.21. The molecule has 0 aromatic heterocycles. The third kappa shape index (κ3) is 4.65. The minimum atomic E-state index is -0.537. The number of benzene rings is 1. The maximum absolute atomic E-state index is 13.3. The van der Waals surface area contributed by atoms with Crippen LogP contribution in [0.1, 0.15) is 20.8 Å². The first-order chi connectivity index (χ1) is 8.73. The molecule has 0 saturated carbocycles. The zero-order valence-electron chi connectivity index (χ0n) is 11.6. The van der Waals surface area contributed by atoms with Gasteiger partial charge in [0.25, 0.3) is 0 Å². The number of rotatable bonds is 4. The van der Waals surface area contributed by atoms with Crippen molar-refractivity contribution >= 4 is 17.3 Å². The van der Waals surface area contributed by atoms with E-state index in [4.69, 9.17) is 10.5 Å². The van der Waals surface area contributed by atoms with Crippen molar-refractivity contribution in [3.05, 3.63) is 17.9 Å². The molecule has 1 amide bonds. The van der Waals surface area contributed by atoms with Gasteiger partial charge in [-0.25, -0.2) is 4.39 Å². The summed E-state index contributed by atoms with van der Waals surface area (Å²) in [7, 11) is 1.37. The zero-order valence-corrected chi connectivity index (χ0v) is 11.6. The zero-order chi connectivity index (χ0) is 14.6. The molecule has 0 aliphatic heterocycles. The fourth-order valence-corrected chi connectivity index (χ4v) is 1.52. The molecule has 0 unspecified atom stereocenters. The highest BCUT2D eigenvalue weighted by Gasteiger charge is 2.14. The molecule has 0 bridgehead atoms. The Hall–Kier alpha value is -1.98. The second kappa shape index (κ2) is 5.77. The highest BCUT2D eigenvalue weighted by atomic mass is 19.1. The number of carbonyl (C=O) groups excluding carboxylic acids is 1. The van der Waals surface area contributed by atoms with Crippen LogP contribution in [0.15, 0.2) is 12.1 Å². The molecule has 106 valence electrons. The number of halogens is 1. The molecular formula is C13H20FN3O2. The Morgan fingerprint density at radius 1 is 1.42 bits per heavy atom. The first-order valence-electron chi connectivity index (χ1n) is 5.91. The van der Waals surface area contributed by atoms with Crippen LogP contribution >= 0.6 is 0 Å². The molecule has 1 aromatic rings. The minimum Gasteiger partial charge on any atom is -0.494 e. The van der Waals surface area contributed by atoms with E-state index in [2.05, 4.69) is 10.6 Å². The Labute approximate surface area is 112 Å². The number of hydrogen-bond donors (Lipinski definition) is 3. The third-order valence-corrected chi connectivity index (χ3v) is 2.28. The van der Waals surface area contributed by atoms with Crippen molar-refractivity contribution in [2.75, 3.05) is 24.7 Å². The molecule has 0 aliphatic carbocycles. The van der Waals surface area contributed by atoms with E-state index < -0.39 is 5.82 Å². The van der Waals surface area contributed by atoms with Crippen molar-refractivity contribution in [1.29, 1.82) is 0 Å². The molecular weight excluding hydrogens is 249 g/mol. The molecule has 1 aromatic carbocycles. The molecule has 6 heteroatoms. The summed E-state index contributed by atoms with van der Waals surface area (Å²) in [6.45, 7) is 5.72. The van der Waals surface area contributed by atoms with Gasteiger partial charge in [0.05, 0.1) is 25.0 Å². The molecule has 0 fully saturated rings. The second-order valence-electron chi connectivity index (χ2n) is 5.23. The predicted molar refractivity (Wildman–Crippen MR) is 73.7 cm³/mol. The number of carbonyl (C=O) groups is 1. The van der Waals surface area contributed by atoms with Gasteiger partial charge < -0.3 is 21.1 Å². The van der Waals surface area contributed by atoms with E-state index in [1.165, 1.54) is 13.2 Å². The van der Waals surface area contributed by atoms with Crippen molar-refractivity contribution in [3.63, 3.8) is 0 Å². The Bertz CT molecular complexity index is 470. The molecule has 1 rings (SSSR count). The molecule has 0 saturated heterocycles. The number of anilines is 2. The summed E-state index contributed by atoms with van der Waals surface area (Å²) in [6.07, 6.45) is 0. The standard InChI is InChI=1S/C13H20FN3O2/c1-13(2,3)17-12(18)7-16-10-6-11(19-4)8(14)5-9(10)15/h5-6,16H,7,15H2,1-4H3,(H,17,18). The number of nitrogens with one attached hydrogen (secondary N) is 2. The Morgan fingerprint density at radius 3 is 2.58 bits per heavy atom. The monoisotopic (exact) mass is 269 g/mol. The molecule has 0 atom stereocenters. The summed E-state index contributed by atoms with van der Waals surface area (Å²) in [6, 6.07) is 2.58. The van der Waals surface area contributed by atoms with E-state index in [0.717, 1.165) is 6.07 Å². The van der Waals surface area contributed by atoms with Gasteiger partial charge in [-0.05, 0) is 20.8 Å². The lowest BCUT2D eigenvalue weighted by atomic mass is 10.1. The van der Waals surface area contributed by atoms with E-state index in [1.807, 2.05) is 20.8 Å². The van der Waals surface area contributed by atoms with Crippen molar-refractivity contribution in [2.45, 2.75) is 26.3 Å². The van der Waals surface area contributed by atoms with Gasteiger partial charge in [-0.15, -0.1) is 0 Å². The Kier molecular flexibility index (Phi) is 4.58. The van der Waals surface area contributed by atoms with Gasteiger partial charge >= 0.3 is 0 Å². The summed E-state index contributed by atoms with van der Waals surface area (Å²) in [4.78, 5) is 11.6. The fourth-order valence-electron chi connectivity index (χ4n) is 1.52. The quantitative estimate of drug-likeness (QED) is 0.728. The van der Waals surface area contributed by atoms with Gasteiger partial charge in [0.2, 0.25) is 5.91 Å². The van der Waals surface area contributed by atoms with Crippen LogP contribution in [-0.4, -0.2) is 25.1 Å². The topological polar surface area (TPSA) is 76.4 Å². The molecule has 0 spiro atoms. The van der Waals surface area contributed by atoms with Crippen molar-refractivity contribution in [3.8, 4) is 5.75 Å². The average molecular weight is 269 g/mol. The SMILES string of the molecule is COc1cc(NCC(=O)NC(C)(C)C)c(N)cc1F. The van der Waals surface area contributed by atoms with E-state index in [9.17, 15) is 9.18 Å². The van der Waals surface area contributed by atoms with Crippen LogP contribution in [0, 0.1) is 5.82 Å². The number of hydrogen-bond acceptors (Lipinski definition) is 4. The largest absolute Gasteiger partial charge is 0.494 e. The number of nitrogen functional groups attached to an aromatic ring is 1. The van der Waals surface area contributed by atoms with Crippen molar-refractivity contribution in [2.24, 2.45) is 0 Å². The van der Waals surface area contributed by atoms with Crippen LogP contribution in [-0.2, 0) is 4.79 Å². The van der Waals surface area contributed by atoms with Crippen LogP contribution in [0.5, 0.6) is 5.75 Å². The summed E-state index contributed by atoms with van der Waals surface area (Å²) in [5, 5.41) is 5.65. The fraction of sp³-hybridized carbons (Fsp3) is 0.462.